The second-order valence-electron chi connectivity index (χ2n) is 8.41. The number of nitrogens with two attached hydrogens (primary N) is 1. The number of amides is 1. The van der Waals surface area contributed by atoms with Gasteiger partial charge in [0.15, 0.2) is 0 Å². The fourth-order valence-corrected chi connectivity index (χ4v) is 4.92. The zero-order valence-electron chi connectivity index (χ0n) is 18.2. The summed E-state index contributed by atoms with van der Waals surface area (Å²) in [5, 5.41) is 4.09. The van der Waals surface area contributed by atoms with E-state index in [1.54, 1.807) is 6.07 Å². The summed E-state index contributed by atoms with van der Waals surface area (Å²) in [6, 6.07) is 14.4. The van der Waals surface area contributed by atoms with E-state index in [9.17, 15) is 4.79 Å². The molecule has 7 heteroatoms. The number of nitrogens with zero attached hydrogens (tertiary/aromatic N) is 3. The van der Waals surface area contributed by atoms with Crippen molar-refractivity contribution in [1.29, 1.82) is 0 Å². The maximum absolute atomic E-state index is 12.4. The van der Waals surface area contributed by atoms with Crippen LogP contribution < -0.4 is 5.73 Å². The van der Waals surface area contributed by atoms with Crippen LogP contribution in [-0.2, 0) is 4.74 Å². The number of imidazole rings is 1. The second-order valence-corrected chi connectivity index (χ2v) is 8.41. The Morgan fingerprint density at radius 3 is 2.56 bits per heavy atom. The smallest absolute Gasteiger partial charge is 0.250 e. The minimum Gasteiger partial charge on any atom is -0.381 e. The third kappa shape index (κ3) is 3.48. The molecule has 0 bridgehead atoms. The molecule has 0 saturated carbocycles. The number of carbonyl (C=O) groups excluding carboxylic acids is 1. The zero-order valence-corrected chi connectivity index (χ0v) is 18.2. The van der Waals surface area contributed by atoms with E-state index in [2.05, 4.69) is 45.0 Å². The van der Waals surface area contributed by atoms with Crippen molar-refractivity contribution in [3.8, 4) is 11.1 Å². The molecular weight excluding hydrogens is 404 g/mol. The number of hydrogen-bond acceptors (Lipinski definition) is 5. The standard InChI is InChI=1S/C25H26N4O3/c1-15-22(16(2)32-28-15)19-12-20(25(26)30)23-21(13-19)29(14-27-23)24(17-6-4-3-5-7-17)18-8-10-31-11-9-18/h3-7,12-14,18,24H,8-11H2,1-2H3,(H2,26,30)/t24-/m0/s1. The lowest BCUT2D eigenvalue weighted by Gasteiger charge is -2.32. The molecule has 1 fully saturated rings. The zero-order chi connectivity index (χ0) is 22.2. The van der Waals surface area contributed by atoms with Gasteiger partial charge >= 0.3 is 0 Å². The third-order valence-electron chi connectivity index (χ3n) is 6.42. The molecule has 4 aromatic rings. The van der Waals surface area contributed by atoms with Gasteiger partial charge in [-0.15, -0.1) is 0 Å². The molecule has 0 aliphatic carbocycles. The van der Waals surface area contributed by atoms with Crippen LogP contribution in [0.5, 0.6) is 0 Å². The Bertz CT molecular complexity index is 1250. The molecule has 164 valence electrons. The average molecular weight is 431 g/mol. The lowest BCUT2D eigenvalue weighted by atomic mass is 9.86. The average Bonchev–Trinajstić information content (AvgIpc) is 3.37. The number of fused-ring (bicyclic) bond motifs is 1. The van der Waals surface area contributed by atoms with Crippen molar-refractivity contribution in [1.82, 2.24) is 14.7 Å². The monoisotopic (exact) mass is 430 g/mol. The molecule has 0 unspecified atom stereocenters. The van der Waals surface area contributed by atoms with Crippen LogP contribution in [0, 0.1) is 19.8 Å². The molecule has 2 N–H and O–H groups in total. The molecule has 1 saturated heterocycles. The van der Waals surface area contributed by atoms with Gasteiger partial charge < -0.3 is 19.6 Å². The van der Waals surface area contributed by atoms with Crippen molar-refractivity contribution < 1.29 is 14.1 Å². The summed E-state index contributed by atoms with van der Waals surface area (Å²) in [5.41, 5.74) is 11.4. The Labute approximate surface area is 186 Å². The predicted molar refractivity (Wildman–Crippen MR) is 121 cm³/mol. The molecule has 3 heterocycles. The predicted octanol–water partition coefficient (Wildman–Crippen LogP) is 4.42. The summed E-state index contributed by atoms with van der Waals surface area (Å²) in [5.74, 6) is 0.590. The van der Waals surface area contributed by atoms with Crippen LogP contribution in [-0.4, -0.2) is 33.8 Å². The normalized spacial score (nSPS) is 15.8. The first-order valence-electron chi connectivity index (χ1n) is 10.9. The van der Waals surface area contributed by atoms with Crippen molar-refractivity contribution in [3.05, 3.63) is 71.4 Å². The van der Waals surface area contributed by atoms with Gasteiger partial charge in [-0.25, -0.2) is 4.98 Å². The van der Waals surface area contributed by atoms with E-state index < -0.39 is 5.91 Å². The minimum absolute atomic E-state index is 0.0748. The summed E-state index contributed by atoms with van der Waals surface area (Å²) in [6.07, 6.45) is 3.76. The lowest BCUT2D eigenvalue weighted by Crippen LogP contribution is -2.26. The summed E-state index contributed by atoms with van der Waals surface area (Å²) in [7, 11) is 0. The quantitative estimate of drug-likeness (QED) is 0.505. The van der Waals surface area contributed by atoms with Gasteiger partial charge in [-0.2, -0.15) is 0 Å². The van der Waals surface area contributed by atoms with Crippen LogP contribution in [0.2, 0.25) is 0 Å². The van der Waals surface area contributed by atoms with E-state index in [0.29, 0.717) is 22.8 Å². The largest absolute Gasteiger partial charge is 0.381 e. The highest BCUT2D eigenvalue weighted by atomic mass is 16.5. The molecule has 1 amide bonds. The Balaban J connectivity index is 1.75. The van der Waals surface area contributed by atoms with Crippen molar-refractivity contribution in [2.45, 2.75) is 32.7 Å². The highest BCUT2D eigenvalue weighted by Crippen LogP contribution is 2.38. The maximum atomic E-state index is 12.4. The van der Waals surface area contributed by atoms with Crippen molar-refractivity contribution in [2.75, 3.05) is 13.2 Å². The highest BCUT2D eigenvalue weighted by Gasteiger charge is 2.29. The highest BCUT2D eigenvalue weighted by molar-refractivity contribution is 6.06. The van der Waals surface area contributed by atoms with Gasteiger partial charge in [0, 0.05) is 18.8 Å². The molecular formula is C25H26N4O3. The van der Waals surface area contributed by atoms with Crippen LogP contribution in [0.15, 0.2) is 53.3 Å². The van der Waals surface area contributed by atoms with Gasteiger partial charge in [-0.3, -0.25) is 4.79 Å². The van der Waals surface area contributed by atoms with E-state index in [1.807, 2.05) is 26.2 Å². The van der Waals surface area contributed by atoms with Crippen LogP contribution in [0.1, 0.15) is 46.3 Å². The van der Waals surface area contributed by atoms with E-state index in [4.69, 9.17) is 15.0 Å². The number of rotatable bonds is 5. The summed E-state index contributed by atoms with van der Waals surface area (Å²) in [4.78, 5) is 17.0. The molecule has 2 aromatic carbocycles. The topological polar surface area (TPSA) is 96.2 Å². The number of carbonyl (C=O) groups is 1. The van der Waals surface area contributed by atoms with Gasteiger partial charge in [0.25, 0.3) is 5.91 Å². The van der Waals surface area contributed by atoms with Crippen molar-refractivity contribution >= 4 is 16.9 Å². The first-order valence-corrected chi connectivity index (χ1v) is 10.9. The Morgan fingerprint density at radius 2 is 1.91 bits per heavy atom. The van der Waals surface area contributed by atoms with E-state index in [0.717, 1.165) is 48.4 Å². The summed E-state index contributed by atoms with van der Waals surface area (Å²) >= 11 is 0. The summed E-state index contributed by atoms with van der Waals surface area (Å²) < 4.78 is 13.2. The van der Waals surface area contributed by atoms with E-state index in [1.165, 1.54) is 5.56 Å². The fourth-order valence-electron chi connectivity index (χ4n) is 4.92. The maximum Gasteiger partial charge on any atom is 0.250 e. The Hall–Kier alpha value is -3.45. The van der Waals surface area contributed by atoms with Gasteiger partial charge in [-0.1, -0.05) is 35.5 Å². The lowest BCUT2D eigenvalue weighted by molar-refractivity contribution is 0.0547. The Kier molecular flexibility index (Phi) is 5.27. The van der Waals surface area contributed by atoms with Crippen LogP contribution in [0.4, 0.5) is 0 Å². The number of primary amides is 1. The minimum atomic E-state index is -0.504. The van der Waals surface area contributed by atoms with Crippen LogP contribution >= 0.6 is 0 Å². The number of aromatic nitrogens is 3. The van der Waals surface area contributed by atoms with Crippen molar-refractivity contribution in [3.63, 3.8) is 0 Å². The first-order chi connectivity index (χ1) is 15.5. The molecule has 0 radical (unpaired) electrons. The molecule has 7 nitrogen and oxygen atoms in total. The number of hydrogen-bond donors (Lipinski definition) is 1. The summed E-state index contributed by atoms with van der Waals surface area (Å²) in [6.45, 7) is 5.26. The molecule has 1 atom stereocenters. The SMILES string of the molecule is Cc1noc(C)c1-c1cc(C(N)=O)c2ncn([C@@H](c3ccccc3)C3CCOCC3)c2c1. The van der Waals surface area contributed by atoms with Gasteiger partial charge in [0.05, 0.1) is 29.1 Å². The molecule has 1 aliphatic heterocycles. The van der Waals surface area contributed by atoms with E-state index in [-0.39, 0.29) is 6.04 Å². The molecule has 32 heavy (non-hydrogen) atoms. The first kappa shape index (κ1) is 20.5. The molecule has 5 rings (SSSR count). The van der Waals surface area contributed by atoms with Gasteiger partial charge in [-0.05, 0) is 55.9 Å². The van der Waals surface area contributed by atoms with Gasteiger partial charge in [0.2, 0.25) is 0 Å². The van der Waals surface area contributed by atoms with Crippen molar-refractivity contribution in [2.24, 2.45) is 11.7 Å². The van der Waals surface area contributed by atoms with Gasteiger partial charge in [0.1, 0.15) is 11.3 Å². The third-order valence-corrected chi connectivity index (χ3v) is 6.42. The van der Waals surface area contributed by atoms with Crippen LogP contribution in [0.3, 0.4) is 0 Å². The Morgan fingerprint density at radius 1 is 1.16 bits per heavy atom. The number of ether oxygens (including phenoxy) is 1. The molecule has 1 aliphatic rings. The second kappa shape index (κ2) is 8.24. The number of benzene rings is 2. The molecule has 2 aromatic heterocycles. The number of aryl methyl sites for hydroxylation is 2. The van der Waals surface area contributed by atoms with E-state index >= 15 is 0 Å². The molecule has 0 spiro atoms. The fraction of sp³-hybridized carbons (Fsp3) is 0.320. The van der Waals surface area contributed by atoms with Crippen LogP contribution in [0.25, 0.3) is 22.2 Å².